The Balaban J connectivity index is 2.13. The highest BCUT2D eigenvalue weighted by atomic mass is 32.2. The van der Waals surface area contributed by atoms with Gasteiger partial charge in [0.2, 0.25) is 5.95 Å². The van der Waals surface area contributed by atoms with Crippen molar-refractivity contribution in [2.45, 2.75) is 4.90 Å². The molecule has 0 unspecified atom stereocenters. The molecule has 2 N–H and O–H groups in total. The van der Waals surface area contributed by atoms with Gasteiger partial charge in [-0.15, -0.1) is 0 Å². The van der Waals surface area contributed by atoms with Crippen molar-refractivity contribution in [3.05, 3.63) is 49.1 Å². The summed E-state index contributed by atoms with van der Waals surface area (Å²) in [5.41, 5.74) is 0. The molecule has 2 aromatic heterocycles. The molecule has 1 aromatic carbocycles. The second-order valence-electron chi connectivity index (χ2n) is 3.90. The molecule has 0 atom stereocenters. The van der Waals surface area contributed by atoms with Gasteiger partial charge in [0.15, 0.2) is 0 Å². The van der Waals surface area contributed by atoms with Gasteiger partial charge in [0, 0.05) is 35.6 Å². The van der Waals surface area contributed by atoms with Gasteiger partial charge in [-0.3, -0.25) is 4.98 Å². The fourth-order valence-electron chi connectivity index (χ4n) is 1.83. The normalized spacial score (nSPS) is 11.6. The Hall–Kier alpha value is -2.41. The average molecular weight is 274 g/mol. The van der Waals surface area contributed by atoms with E-state index >= 15 is 0 Å². The van der Waals surface area contributed by atoms with E-state index in [1.54, 1.807) is 36.8 Å². The number of benzene rings is 1. The number of hydrogen-bond donors (Lipinski definition) is 2. The SMILES string of the molecule is O=S(=O)(Nc1ncc[nH]1)c1cccc2cnccc12. The predicted molar refractivity (Wildman–Crippen MR) is 71.1 cm³/mol. The third kappa shape index (κ3) is 2.15. The largest absolute Gasteiger partial charge is 0.330 e. The standard InChI is InChI=1S/C12H10N4O2S/c17-19(18,16-12-14-6-7-15-12)11-3-1-2-9-8-13-5-4-10(9)11/h1-8H,(H2,14,15,16). The summed E-state index contributed by atoms with van der Waals surface area (Å²) in [5, 5.41) is 1.39. The van der Waals surface area contributed by atoms with Crippen molar-refractivity contribution in [1.82, 2.24) is 15.0 Å². The maximum atomic E-state index is 12.3. The summed E-state index contributed by atoms with van der Waals surface area (Å²) in [6.07, 6.45) is 6.21. The van der Waals surface area contributed by atoms with Crippen molar-refractivity contribution in [2.24, 2.45) is 0 Å². The van der Waals surface area contributed by atoms with Crippen LogP contribution in [0.3, 0.4) is 0 Å². The van der Waals surface area contributed by atoms with E-state index in [9.17, 15) is 8.42 Å². The molecular weight excluding hydrogens is 264 g/mol. The summed E-state index contributed by atoms with van der Waals surface area (Å²) in [6.45, 7) is 0. The van der Waals surface area contributed by atoms with Crippen LogP contribution < -0.4 is 4.72 Å². The molecule has 3 aromatic rings. The minimum atomic E-state index is -3.68. The van der Waals surface area contributed by atoms with E-state index in [2.05, 4.69) is 19.7 Å². The number of hydrogen-bond acceptors (Lipinski definition) is 4. The zero-order valence-electron chi connectivity index (χ0n) is 9.74. The van der Waals surface area contributed by atoms with Crippen LogP contribution in [0, 0.1) is 0 Å². The molecule has 3 rings (SSSR count). The van der Waals surface area contributed by atoms with Gasteiger partial charge >= 0.3 is 0 Å². The highest BCUT2D eigenvalue weighted by molar-refractivity contribution is 7.93. The number of anilines is 1. The van der Waals surface area contributed by atoms with Crippen LogP contribution in [0.5, 0.6) is 0 Å². The predicted octanol–water partition coefficient (Wildman–Crippen LogP) is 1.76. The molecular formula is C12H10N4O2S. The van der Waals surface area contributed by atoms with Crippen LogP contribution >= 0.6 is 0 Å². The van der Waals surface area contributed by atoms with Gasteiger partial charge in [-0.25, -0.2) is 18.1 Å². The molecule has 7 heteroatoms. The maximum absolute atomic E-state index is 12.3. The molecule has 96 valence electrons. The highest BCUT2D eigenvalue weighted by Crippen LogP contribution is 2.23. The molecule has 0 radical (unpaired) electrons. The molecule has 0 saturated carbocycles. The maximum Gasteiger partial charge on any atom is 0.264 e. The summed E-state index contributed by atoms with van der Waals surface area (Å²) in [4.78, 5) is 10.7. The summed E-state index contributed by atoms with van der Waals surface area (Å²) in [6, 6.07) is 6.72. The van der Waals surface area contributed by atoms with Gasteiger partial charge < -0.3 is 4.98 Å². The average Bonchev–Trinajstić information content (AvgIpc) is 2.90. The van der Waals surface area contributed by atoms with Crippen LogP contribution in [0.25, 0.3) is 10.8 Å². The van der Waals surface area contributed by atoms with Crippen molar-refractivity contribution in [1.29, 1.82) is 0 Å². The van der Waals surface area contributed by atoms with E-state index in [1.807, 2.05) is 6.07 Å². The van der Waals surface area contributed by atoms with E-state index in [4.69, 9.17) is 0 Å². The summed E-state index contributed by atoms with van der Waals surface area (Å²) >= 11 is 0. The van der Waals surface area contributed by atoms with Crippen molar-refractivity contribution < 1.29 is 8.42 Å². The number of aromatic nitrogens is 3. The lowest BCUT2D eigenvalue weighted by molar-refractivity contribution is 0.601. The number of fused-ring (bicyclic) bond motifs is 1. The van der Waals surface area contributed by atoms with E-state index < -0.39 is 10.0 Å². The van der Waals surface area contributed by atoms with Crippen molar-refractivity contribution in [3.63, 3.8) is 0 Å². The first-order chi connectivity index (χ1) is 9.17. The molecule has 0 aliphatic carbocycles. The van der Waals surface area contributed by atoms with E-state index in [-0.39, 0.29) is 10.8 Å². The number of rotatable bonds is 3. The molecule has 0 spiro atoms. The quantitative estimate of drug-likeness (QED) is 0.761. The zero-order valence-corrected chi connectivity index (χ0v) is 10.6. The summed E-state index contributed by atoms with van der Waals surface area (Å²) < 4.78 is 27.0. The Morgan fingerprint density at radius 1 is 1.16 bits per heavy atom. The fourth-order valence-corrected chi connectivity index (χ4v) is 3.04. The van der Waals surface area contributed by atoms with Gasteiger partial charge in [-0.1, -0.05) is 12.1 Å². The minimum absolute atomic E-state index is 0.186. The first kappa shape index (κ1) is 11.7. The highest BCUT2D eigenvalue weighted by Gasteiger charge is 2.18. The van der Waals surface area contributed by atoms with E-state index in [1.165, 1.54) is 6.20 Å². The van der Waals surface area contributed by atoms with Crippen molar-refractivity contribution in [2.75, 3.05) is 4.72 Å². The van der Waals surface area contributed by atoms with E-state index in [0.29, 0.717) is 5.39 Å². The van der Waals surface area contributed by atoms with E-state index in [0.717, 1.165) is 5.39 Å². The first-order valence-corrected chi connectivity index (χ1v) is 7.00. The molecule has 19 heavy (non-hydrogen) atoms. The number of H-pyrrole nitrogens is 1. The van der Waals surface area contributed by atoms with Gasteiger partial charge in [0.05, 0.1) is 4.90 Å². The number of nitrogens with one attached hydrogen (secondary N) is 2. The van der Waals surface area contributed by atoms with Crippen LogP contribution in [-0.4, -0.2) is 23.4 Å². The molecule has 0 bridgehead atoms. The third-order valence-corrected chi connectivity index (χ3v) is 4.06. The number of nitrogens with zero attached hydrogens (tertiary/aromatic N) is 2. The van der Waals surface area contributed by atoms with Crippen LogP contribution in [0.2, 0.25) is 0 Å². The topological polar surface area (TPSA) is 87.7 Å². The lowest BCUT2D eigenvalue weighted by Crippen LogP contribution is -2.14. The molecule has 0 amide bonds. The summed E-state index contributed by atoms with van der Waals surface area (Å²) in [7, 11) is -3.68. The second kappa shape index (κ2) is 4.36. The minimum Gasteiger partial charge on any atom is -0.330 e. The first-order valence-electron chi connectivity index (χ1n) is 5.52. The Morgan fingerprint density at radius 2 is 2.05 bits per heavy atom. The third-order valence-electron chi connectivity index (χ3n) is 2.66. The lowest BCUT2D eigenvalue weighted by atomic mass is 10.2. The number of aromatic amines is 1. The zero-order chi connectivity index (χ0) is 13.3. The number of sulfonamides is 1. The Kier molecular flexibility index (Phi) is 2.68. The molecule has 0 aliphatic rings. The smallest absolute Gasteiger partial charge is 0.264 e. The Morgan fingerprint density at radius 3 is 2.84 bits per heavy atom. The molecule has 0 saturated heterocycles. The van der Waals surface area contributed by atoms with Gasteiger partial charge in [-0.05, 0) is 12.1 Å². The Labute approximate surface area is 109 Å². The van der Waals surface area contributed by atoms with Crippen molar-refractivity contribution in [3.8, 4) is 0 Å². The molecule has 2 heterocycles. The second-order valence-corrected chi connectivity index (χ2v) is 5.55. The summed E-state index contributed by atoms with van der Waals surface area (Å²) in [5.74, 6) is 0.186. The fraction of sp³-hybridized carbons (Fsp3) is 0. The van der Waals surface area contributed by atoms with Crippen LogP contribution in [0.4, 0.5) is 5.95 Å². The number of pyridine rings is 1. The van der Waals surface area contributed by atoms with Crippen LogP contribution in [0.15, 0.2) is 53.9 Å². The monoisotopic (exact) mass is 274 g/mol. The van der Waals surface area contributed by atoms with Crippen LogP contribution in [0.1, 0.15) is 0 Å². The van der Waals surface area contributed by atoms with Crippen LogP contribution in [-0.2, 0) is 10.0 Å². The number of imidazole rings is 1. The van der Waals surface area contributed by atoms with Gasteiger partial charge in [0.1, 0.15) is 0 Å². The molecule has 6 nitrogen and oxygen atoms in total. The lowest BCUT2D eigenvalue weighted by Gasteiger charge is -2.08. The molecule has 0 fully saturated rings. The molecule has 0 aliphatic heterocycles. The van der Waals surface area contributed by atoms with Gasteiger partial charge in [-0.2, -0.15) is 0 Å². The van der Waals surface area contributed by atoms with Crippen molar-refractivity contribution >= 4 is 26.7 Å². The Bertz CT molecular complexity index is 807. The van der Waals surface area contributed by atoms with Gasteiger partial charge in [0.25, 0.3) is 10.0 Å².